The molecule has 0 bridgehead atoms. The second kappa shape index (κ2) is 6.07. The van der Waals surface area contributed by atoms with E-state index in [0.29, 0.717) is 11.4 Å². The summed E-state index contributed by atoms with van der Waals surface area (Å²) in [4.78, 5) is 2.19. The first kappa shape index (κ1) is 14.6. The summed E-state index contributed by atoms with van der Waals surface area (Å²) in [5, 5.41) is 15.5. The van der Waals surface area contributed by atoms with Crippen LogP contribution in [0, 0.1) is 6.92 Å². The molecule has 0 aliphatic rings. The SMILES string of the molecule is CCc1nn(CC)c(CC(O)c2ccc(C)s2)c1Cl. The molecule has 1 unspecified atom stereocenters. The van der Waals surface area contributed by atoms with Gasteiger partial charge in [-0.25, -0.2) is 0 Å². The molecule has 0 radical (unpaired) electrons. The number of halogens is 1. The van der Waals surface area contributed by atoms with Crippen LogP contribution in [0.1, 0.15) is 41.1 Å². The van der Waals surface area contributed by atoms with Gasteiger partial charge in [-0.05, 0) is 32.4 Å². The van der Waals surface area contributed by atoms with Crippen molar-refractivity contribution in [1.29, 1.82) is 0 Å². The van der Waals surface area contributed by atoms with E-state index in [1.807, 2.05) is 37.6 Å². The van der Waals surface area contributed by atoms with Crippen LogP contribution in [-0.2, 0) is 19.4 Å². The van der Waals surface area contributed by atoms with Gasteiger partial charge in [0.25, 0.3) is 0 Å². The van der Waals surface area contributed by atoms with E-state index in [-0.39, 0.29) is 0 Å². The van der Waals surface area contributed by atoms with Crippen LogP contribution in [0.5, 0.6) is 0 Å². The van der Waals surface area contributed by atoms with Crippen molar-refractivity contribution in [3.63, 3.8) is 0 Å². The third-order valence-electron chi connectivity index (χ3n) is 3.17. The molecule has 5 heteroatoms. The molecule has 3 nitrogen and oxygen atoms in total. The second-order valence-electron chi connectivity index (χ2n) is 4.55. The van der Waals surface area contributed by atoms with Crippen LogP contribution in [0.2, 0.25) is 5.02 Å². The molecule has 2 aromatic heterocycles. The first-order valence-electron chi connectivity index (χ1n) is 6.55. The van der Waals surface area contributed by atoms with Gasteiger partial charge in [0.15, 0.2) is 0 Å². The van der Waals surface area contributed by atoms with E-state index < -0.39 is 6.10 Å². The number of nitrogens with zero attached hydrogens (tertiary/aromatic N) is 2. The maximum Gasteiger partial charge on any atom is 0.0937 e. The first-order valence-corrected chi connectivity index (χ1v) is 7.74. The average Bonchev–Trinajstić information content (AvgIpc) is 2.95. The fraction of sp³-hybridized carbons (Fsp3) is 0.500. The van der Waals surface area contributed by atoms with Crippen molar-refractivity contribution in [2.45, 2.75) is 46.3 Å². The molecule has 0 aliphatic heterocycles. The summed E-state index contributed by atoms with van der Waals surface area (Å²) in [7, 11) is 0. The number of aromatic nitrogens is 2. The minimum absolute atomic E-state index is 0.511. The molecule has 0 saturated carbocycles. The molecule has 0 aliphatic carbocycles. The molecule has 0 fully saturated rings. The summed E-state index contributed by atoms with van der Waals surface area (Å²) in [5.74, 6) is 0. The van der Waals surface area contributed by atoms with Gasteiger partial charge in [0.2, 0.25) is 0 Å². The Balaban J connectivity index is 2.25. The van der Waals surface area contributed by atoms with E-state index >= 15 is 0 Å². The summed E-state index contributed by atoms with van der Waals surface area (Å²) < 4.78 is 1.89. The summed E-state index contributed by atoms with van der Waals surface area (Å²) in [5.41, 5.74) is 1.84. The highest BCUT2D eigenvalue weighted by Gasteiger charge is 2.19. The minimum Gasteiger partial charge on any atom is -0.387 e. The zero-order chi connectivity index (χ0) is 14.0. The highest BCUT2D eigenvalue weighted by Crippen LogP contribution is 2.29. The molecule has 2 heterocycles. The van der Waals surface area contributed by atoms with Crippen molar-refractivity contribution in [1.82, 2.24) is 9.78 Å². The van der Waals surface area contributed by atoms with Gasteiger partial charge in [-0.2, -0.15) is 5.10 Å². The molecule has 0 aromatic carbocycles. The Morgan fingerprint density at radius 1 is 1.42 bits per heavy atom. The number of aliphatic hydroxyl groups excluding tert-OH is 1. The largest absolute Gasteiger partial charge is 0.387 e. The lowest BCUT2D eigenvalue weighted by atomic mass is 10.1. The van der Waals surface area contributed by atoms with Gasteiger partial charge >= 0.3 is 0 Å². The third kappa shape index (κ3) is 3.02. The zero-order valence-electron chi connectivity index (χ0n) is 11.5. The predicted molar refractivity (Wildman–Crippen MR) is 80.0 cm³/mol. The quantitative estimate of drug-likeness (QED) is 0.912. The standard InChI is InChI=1S/C14H19ClN2OS/c1-4-10-14(15)11(17(5-2)16-10)8-12(18)13-7-6-9(3)19-13/h6-7,12,18H,4-5,8H2,1-3H3. The number of hydrogen-bond acceptors (Lipinski definition) is 3. The van der Waals surface area contributed by atoms with Crippen molar-refractivity contribution in [2.24, 2.45) is 0 Å². The molecular weight excluding hydrogens is 280 g/mol. The van der Waals surface area contributed by atoms with Crippen LogP contribution in [-0.4, -0.2) is 14.9 Å². The number of rotatable bonds is 5. The van der Waals surface area contributed by atoms with Crippen molar-refractivity contribution in [2.75, 3.05) is 0 Å². The topological polar surface area (TPSA) is 38.0 Å². The first-order chi connectivity index (χ1) is 9.06. The van der Waals surface area contributed by atoms with E-state index in [1.54, 1.807) is 11.3 Å². The van der Waals surface area contributed by atoms with Crippen LogP contribution < -0.4 is 0 Å². The van der Waals surface area contributed by atoms with E-state index in [0.717, 1.165) is 29.2 Å². The molecule has 0 saturated heterocycles. The lowest BCUT2D eigenvalue weighted by molar-refractivity contribution is 0.179. The Bertz CT molecular complexity index is 562. The van der Waals surface area contributed by atoms with Crippen LogP contribution in [0.25, 0.3) is 0 Å². The van der Waals surface area contributed by atoms with Crippen LogP contribution >= 0.6 is 22.9 Å². The van der Waals surface area contributed by atoms with Gasteiger partial charge in [0, 0.05) is 22.7 Å². The maximum atomic E-state index is 10.3. The number of thiophene rings is 1. The van der Waals surface area contributed by atoms with E-state index in [4.69, 9.17) is 11.6 Å². The molecule has 1 atom stereocenters. The third-order valence-corrected chi connectivity index (χ3v) is 4.71. The summed E-state index contributed by atoms with van der Waals surface area (Å²) >= 11 is 7.98. The van der Waals surface area contributed by atoms with Crippen LogP contribution in [0.3, 0.4) is 0 Å². The molecule has 104 valence electrons. The maximum absolute atomic E-state index is 10.3. The molecule has 19 heavy (non-hydrogen) atoms. The Morgan fingerprint density at radius 3 is 2.68 bits per heavy atom. The monoisotopic (exact) mass is 298 g/mol. The zero-order valence-corrected chi connectivity index (χ0v) is 13.1. The fourth-order valence-electron chi connectivity index (χ4n) is 2.13. The molecule has 1 N–H and O–H groups in total. The lowest BCUT2D eigenvalue weighted by Gasteiger charge is -2.10. The van der Waals surface area contributed by atoms with E-state index in [2.05, 4.69) is 5.10 Å². The summed E-state index contributed by atoms with van der Waals surface area (Å²) in [6.45, 7) is 6.88. The van der Waals surface area contributed by atoms with Gasteiger partial charge in [-0.1, -0.05) is 18.5 Å². The van der Waals surface area contributed by atoms with E-state index in [1.165, 1.54) is 4.88 Å². The van der Waals surface area contributed by atoms with Gasteiger partial charge in [0.05, 0.1) is 22.5 Å². The van der Waals surface area contributed by atoms with Crippen LogP contribution in [0.4, 0.5) is 0 Å². The van der Waals surface area contributed by atoms with Crippen molar-refractivity contribution in [3.05, 3.63) is 38.3 Å². The fourth-order valence-corrected chi connectivity index (χ4v) is 3.34. The Kier molecular flexibility index (Phi) is 4.66. The minimum atomic E-state index is -0.511. The molecule has 0 spiro atoms. The average molecular weight is 299 g/mol. The molecule has 0 amide bonds. The Morgan fingerprint density at radius 2 is 2.16 bits per heavy atom. The number of aliphatic hydroxyl groups is 1. The Hall–Kier alpha value is -0.840. The van der Waals surface area contributed by atoms with Gasteiger partial charge in [-0.15, -0.1) is 11.3 Å². The normalized spacial score (nSPS) is 12.9. The van der Waals surface area contributed by atoms with E-state index in [9.17, 15) is 5.11 Å². The summed E-state index contributed by atoms with van der Waals surface area (Å²) in [6.07, 6.45) is 0.815. The number of hydrogen-bond donors (Lipinski definition) is 1. The van der Waals surface area contributed by atoms with Crippen molar-refractivity contribution < 1.29 is 5.11 Å². The number of aryl methyl sites for hydroxylation is 3. The second-order valence-corrected chi connectivity index (χ2v) is 6.24. The summed E-state index contributed by atoms with van der Waals surface area (Å²) in [6, 6.07) is 4.01. The van der Waals surface area contributed by atoms with Crippen LogP contribution in [0.15, 0.2) is 12.1 Å². The Labute approximate surface area is 122 Å². The molecule has 2 rings (SSSR count). The van der Waals surface area contributed by atoms with Crippen molar-refractivity contribution >= 4 is 22.9 Å². The van der Waals surface area contributed by atoms with Crippen molar-refractivity contribution in [3.8, 4) is 0 Å². The predicted octanol–water partition coefficient (Wildman–Crippen LogP) is 3.76. The van der Waals surface area contributed by atoms with Gasteiger partial charge in [0.1, 0.15) is 0 Å². The van der Waals surface area contributed by atoms with Gasteiger partial charge in [-0.3, -0.25) is 4.68 Å². The molecule has 2 aromatic rings. The highest BCUT2D eigenvalue weighted by atomic mass is 35.5. The van der Waals surface area contributed by atoms with Gasteiger partial charge < -0.3 is 5.11 Å². The highest BCUT2D eigenvalue weighted by molar-refractivity contribution is 7.12. The molecular formula is C14H19ClN2OS. The lowest BCUT2D eigenvalue weighted by Crippen LogP contribution is -2.08. The smallest absolute Gasteiger partial charge is 0.0937 e.